The number of ether oxygens (including phenoxy) is 1. The van der Waals surface area contributed by atoms with Crippen LogP contribution in [0.5, 0.6) is 0 Å². The number of halogens is 2. The number of esters is 1. The zero-order chi connectivity index (χ0) is 23.4. The molecule has 4 rings (SSSR count). The Morgan fingerprint density at radius 3 is 2.21 bits per heavy atom. The molecule has 2 aromatic carbocycles. The lowest BCUT2D eigenvalue weighted by Crippen LogP contribution is -2.23. The number of hydrogen-bond donors (Lipinski definition) is 0. The molecule has 1 heterocycles. The van der Waals surface area contributed by atoms with Gasteiger partial charge in [-0.05, 0) is 61.6 Å². The molecule has 33 heavy (non-hydrogen) atoms. The average Bonchev–Trinajstić information content (AvgIpc) is 3.46. The molecule has 1 aliphatic carbocycles. The first-order valence-electron chi connectivity index (χ1n) is 10.9. The molecule has 172 valence electrons. The van der Waals surface area contributed by atoms with Crippen LogP contribution in [0.1, 0.15) is 54.9 Å². The van der Waals surface area contributed by atoms with E-state index in [0.29, 0.717) is 41.7 Å². The number of aromatic nitrogens is 2. The van der Waals surface area contributed by atoms with Crippen molar-refractivity contribution in [1.29, 1.82) is 0 Å². The van der Waals surface area contributed by atoms with E-state index in [1.807, 2.05) is 36.4 Å². The summed E-state index contributed by atoms with van der Waals surface area (Å²) in [4.78, 5) is 29.9. The Bertz CT molecular complexity index is 1120. The normalized spacial score (nSPS) is 15.1. The number of ketones is 1. The van der Waals surface area contributed by atoms with Crippen molar-refractivity contribution in [3.8, 4) is 0 Å². The number of rotatable bonds is 10. The molecule has 0 amide bonds. The Morgan fingerprint density at radius 1 is 1.03 bits per heavy atom. The lowest BCUT2D eigenvalue weighted by molar-refractivity contribution is -0.147. The van der Waals surface area contributed by atoms with Gasteiger partial charge in [0.25, 0.3) is 0 Å². The topological polar surface area (TPSA) is 82.3 Å². The molecule has 0 bridgehead atoms. The summed E-state index contributed by atoms with van der Waals surface area (Å²) in [5, 5.41) is 5.43. The highest BCUT2D eigenvalue weighted by Gasteiger charge is 2.57. The van der Waals surface area contributed by atoms with E-state index < -0.39 is 5.41 Å². The second-order valence-electron chi connectivity index (χ2n) is 8.33. The van der Waals surface area contributed by atoms with E-state index in [2.05, 4.69) is 10.1 Å². The van der Waals surface area contributed by atoms with Crippen LogP contribution in [0.2, 0.25) is 10.0 Å². The highest BCUT2D eigenvalue weighted by atomic mass is 35.5. The van der Waals surface area contributed by atoms with Gasteiger partial charge in [-0.25, -0.2) is 0 Å². The van der Waals surface area contributed by atoms with Gasteiger partial charge in [-0.15, -0.1) is 0 Å². The second-order valence-corrected chi connectivity index (χ2v) is 9.21. The van der Waals surface area contributed by atoms with Gasteiger partial charge >= 0.3 is 5.97 Å². The summed E-state index contributed by atoms with van der Waals surface area (Å²) < 4.78 is 10.7. The molecule has 1 fully saturated rings. The van der Waals surface area contributed by atoms with E-state index >= 15 is 0 Å². The number of hydrogen-bond acceptors (Lipinski definition) is 6. The summed E-state index contributed by atoms with van der Waals surface area (Å²) in [6, 6.07) is 14.7. The Balaban J connectivity index is 1.54. The van der Waals surface area contributed by atoms with Crippen molar-refractivity contribution < 1.29 is 18.8 Å². The molecule has 0 saturated heterocycles. The van der Waals surface area contributed by atoms with Gasteiger partial charge in [0.05, 0.1) is 6.61 Å². The smallest absolute Gasteiger partial charge is 0.321 e. The molecule has 3 aromatic rings. The van der Waals surface area contributed by atoms with Crippen LogP contribution in [-0.2, 0) is 32.6 Å². The Morgan fingerprint density at radius 2 is 1.64 bits per heavy atom. The van der Waals surface area contributed by atoms with Crippen molar-refractivity contribution in [3.05, 3.63) is 81.4 Å². The third-order valence-electron chi connectivity index (χ3n) is 5.82. The molecule has 0 N–H and O–H groups in total. The summed E-state index contributed by atoms with van der Waals surface area (Å²) in [6.07, 6.45) is 2.28. The number of carbonyl (C=O) groups is 2. The van der Waals surface area contributed by atoms with E-state index in [1.165, 1.54) is 0 Å². The largest absolute Gasteiger partial charge is 0.465 e. The highest BCUT2D eigenvalue weighted by molar-refractivity contribution is 6.30. The van der Waals surface area contributed by atoms with Crippen molar-refractivity contribution in [3.63, 3.8) is 0 Å². The van der Waals surface area contributed by atoms with Crippen LogP contribution >= 0.6 is 23.2 Å². The molecule has 6 nitrogen and oxygen atoms in total. The molecule has 0 radical (unpaired) electrons. The average molecular weight is 487 g/mol. The molecule has 1 aromatic heterocycles. The van der Waals surface area contributed by atoms with Crippen LogP contribution in [0.15, 0.2) is 53.1 Å². The summed E-state index contributed by atoms with van der Waals surface area (Å²) in [6.45, 7) is 2.06. The minimum atomic E-state index is -0.848. The molecule has 1 saturated carbocycles. The lowest BCUT2D eigenvalue weighted by Gasteiger charge is -2.13. The Kier molecular flexibility index (Phi) is 7.15. The predicted molar refractivity (Wildman–Crippen MR) is 125 cm³/mol. The van der Waals surface area contributed by atoms with E-state index in [4.69, 9.17) is 32.5 Å². The molecule has 1 aliphatic rings. The van der Waals surface area contributed by atoms with Gasteiger partial charge in [-0.2, -0.15) is 4.98 Å². The fourth-order valence-electron chi connectivity index (χ4n) is 3.83. The van der Waals surface area contributed by atoms with E-state index in [-0.39, 0.29) is 36.4 Å². The number of Topliss-reactive ketones (excluding diaryl/α,β-unsaturated/α-hetero) is 1. The second kappa shape index (κ2) is 10.1. The summed E-state index contributed by atoms with van der Waals surface area (Å²) in [5.41, 5.74) is 1.05. The first-order valence-corrected chi connectivity index (χ1v) is 11.7. The zero-order valence-electron chi connectivity index (χ0n) is 18.2. The minimum Gasteiger partial charge on any atom is -0.465 e. The summed E-state index contributed by atoms with van der Waals surface area (Å²) >= 11 is 12.0. The van der Waals surface area contributed by atoms with Crippen LogP contribution in [0.3, 0.4) is 0 Å². The van der Waals surface area contributed by atoms with Crippen LogP contribution in [0, 0.1) is 0 Å². The van der Waals surface area contributed by atoms with Crippen molar-refractivity contribution in [2.45, 2.75) is 50.4 Å². The number of carbonyl (C=O) groups excluding carboxylic acids is 2. The maximum Gasteiger partial charge on any atom is 0.321 e. The standard InChI is InChI=1S/C25H24Cl2N2O4/c1-2-32-24(31)25(11-12-25)23-28-22(29-33-23)18(13-16-3-7-19(26)8-4-16)15-21(30)14-17-5-9-20(27)10-6-17/h3-10,18H,2,11-15H2,1H3/t18-/m1/s1. The fraction of sp³-hybridized carbons (Fsp3) is 0.360. The maximum absolute atomic E-state index is 12.9. The molecular formula is C25H24Cl2N2O4. The van der Waals surface area contributed by atoms with E-state index in [0.717, 1.165) is 11.1 Å². The van der Waals surface area contributed by atoms with Crippen LogP contribution in [0.25, 0.3) is 0 Å². The van der Waals surface area contributed by atoms with Crippen molar-refractivity contribution >= 4 is 35.0 Å². The van der Waals surface area contributed by atoms with Crippen LogP contribution in [-0.4, -0.2) is 28.5 Å². The molecule has 0 unspecified atom stereocenters. The van der Waals surface area contributed by atoms with Gasteiger partial charge in [-0.1, -0.05) is 52.6 Å². The Hall–Kier alpha value is -2.70. The van der Waals surface area contributed by atoms with Gasteiger partial charge < -0.3 is 9.26 Å². The molecule has 1 atom stereocenters. The molecular weight excluding hydrogens is 463 g/mol. The monoisotopic (exact) mass is 486 g/mol. The first-order chi connectivity index (χ1) is 15.9. The quantitative estimate of drug-likeness (QED) is 0.352. The molecule has 0 spiro atoms. The third kappa shape index (κ3) is 5.63. The lowest BCUT2D eigenvalue weighted by atomic mass is 9.91. The molecule has 0 aliphatic heterocycles. The summed E-state index contributed by atoms with van der Waals surface area (Å²) in [7, 11) is 0. The summed E-state index contributed by atoms with van der Waals surface area (Å²) in [5.74, 6) is 0.0890. The minimum absolute atomic E-state index is 0.0502. The Labute approximate surface area is 202 Å². The van der Waals surface area contributed by atoms with E-state index in [1.54, 1.807) is 19.1 Å². The highest BCUT2D eigenvalue weighted by Crippen LogP contribution is 2.48. The molecule has 8 heteroatoms. The van der Waals surface area contributed by atoms with Gasteiger partial charge in [0.1, 0.15) is 11.2 Å². The van der Waals surface area contributed by atoms with Crippen LogP contribution < -0.4 is 0 Å². The van der Waals surface area contributed by atoms with Gasteiger partial charge in [0, 0.05) is 28.8 Å². The van der Waals surface area contributed by atoms with Crippen LogP contribution in [0.4, 0.5) is 0 Å². The van der Waals surface area contributed by atoms with Gasteiger partial charge in [-0.3, -0.25) is 9.59 Å². The van der Waals surface area contributed by atoms with Crippen molar-refractivity contribution in [2.75, 3.05) is 6.61 Å². The maximum atomic E-state index is 12.9. The zero-order valence-corrected chi connectivity index (χ0v) is 19.7. The van der Waals surface area contributed by atoms with Crippen molar-refractivity contribution in [1.82, 2.24) is 10.1 Å². The number of nitrogens with zero attached hydrogens (tertiary/aromatic N) is 2. The number of benzene rings is 2. The SMILES string of the molecule is CCOC(=O)C1(c2nc([C@@H](CC(=O)Cc3ccc(Cl)cc3)Cc3ccc(Cl)cc3)no2)CC1. The van der Waals surface area contributed by atoms with Crippen molar-refractivity contribution in [2.24, 2.45) is 0 Å². The third-order valence-corrected chi connectivity index (χ3v) is 6.32. The van der Waals surface area contributed by atoms with Gasteiger partial charge in [0.2, 0.25) is 5.89 Å². The van der Waals surface area contributed by atoms with Gasteiger partial charge in [0.15, 0.2) is 5.82 Å². The predicted octanol–water partition coefficient (Wildman–Crippen LogP) is 5.50. The van der Waals surface area contributed by atoms with E-state index in [9.17, 15) is 9.59 Å². The first kappa shape index (κ1) is 23.5. The fourth-order valence-corrected chi connectivity index (χ4v) is 4.08.